The van der Waals surface area contributed by atoms with E-state index in [4.69, 9.17) is 17.9 Å². The fraction of sp³-hybridized carbons (Fsp3) is 0. The number of hydrogen-bond donors (Lipinski definition) is 0. The molecule has 0 amide bonds. The first-order valence-corrected chi connectivity index (χ1v) is 207. The molecule has 0 aliphatic carbocycles. The summed E-state index contributed by atoms with van der Waals surface area (Å²) in [6.07, 6.45) is 0. The molecule has 0 rings (SSSR count). The van der Waals surface area contributed by atoms with Crippen molar-refractivity contribution < 1.29 is 0 Å². The highest BCUT2D eigenvalue weighted by Crippen LogP contribution is 3.55. The molecular weight excluding hydrogens is 3130 g/mol. The van der Waals surface area contributed by atoms with Crippen LogP contribution in [0.1, 0.15) is 0 Å². The van der Waals surface area contributed by atoms with Gasteiger partial charge in [0, 0.05) is 0 Å². The lowest BCUT2D eigenvalue weighted by Crippen LogP contribution is -1.77. The zero-order chi connectivity index (χ0) is 80.0. The lowest BCUT2D eigenvalue weighted by molar-refractivity contribution is 4.29. The second-order valence-electron chi connectivity index (χ2n) is 16.0. The molecule has 0 bridgehead atoms. The SMILES string of the molecule is [PH]PP(P([PH])P)P(P(P(P)P)P(P)P)P(P(P(P)P)P(P)P)P(P(P(P(P)P)P(P)P)P(P(P)P)P(P)P)P(P(P(P(P(P)P)P(P)P)P(P(P)P)P(P)P)P(P(P(P)P)P(P)P)P(P(P)P)P(P)P)P(P(P(P(P)P)P(P)P)P(P(P)P)P(P)P)P(P(P(P)P)P(P)P)P(P(P)P)P(P)P. The van der Waals surface area contributed by atoms with Crippen LogP contribution in [0.5, 0.6) is 0 Å². The Kier molecular flexibility index (Phi) is 114. The largest absolute Gasteiger partial charge is 0.102 e. The van der Waals surface area contributed by atoms with E-state index >= 15 is 0 Å². The van der Waals surface area contributed by atoms with Gasteiger partial charge in [-0.3, -0.25) is 0 Å². The second kappa shape index (κ2) is 79.4. The van der Waals surface area contributed by atoms with Crippen LogP contribution in [0.3, 0.4) is 0 Å². The maximum atomic E-state index is 4.94. The van der Waals surface area contributed by atoms with Crippen LogP contribution in [0.15, 0.2) is 0 Å². The van der Waals surface area contributed by atoms with Crippen molar-refractivity contribution in [1.29, 1.82) is 0 Å². The second-order valence-corrected chi connectivity index (χ2v) is 433. The predicted octanol–water partition coefficient (Wildman–Crippen LogP) is 59.9. The molecule has 0 saturated heterocycles. The molecule has 2 radical (unpaired) electrons. The third kappa shape index (κ3) is 50.9. The van der Waals surface area contributed by atoms with E-state index in [0.29, 0.717) is 0 Å². The van der Waals surface area contributed by atoms with Crippen LogP contribution >= 0.6 is 806 Å². The Labute approximate surface area is 792 Å². The molecule has 0 heterocycles. The lowest BCUT2D eigenvalue weighted by atomic mass is 28.3. The summed E-state index contributed by atoms with van der Waals surface area (Å²) in [6, 6.07) is 0. The van der Waals surface area contributed by atoms with Gasteiger partial charge in [0.15, 0.2) is 0 Å². The normalized spacial score (nSPS) is 15.9. The molecule has 0 nitrogen and oxygen atoms in total. The maximum absolute atomic E-state index is 4.94. The van der Waals surface area contributed by atoms with E-state index in [0.717, 1.165) is 7.96 Å². The van der Waals surface area contributed by atoms with Gasteiger partial charge in [-0.2, -0.15) is 0 Å². The van der Waals surface area contributed by atoms with Crippen molar-refractivity contribution in [3.63, 3.8) is 0 Å². The van der Waals surface area contributed by atoms with Crippen molar-refractivity contribution in [2.75, 3.05) is 0 Å². The highest BCUT2D eigenvalue weighted by Gasteiger charge is 2.67. The van der Waals surface area contributed by atoms with Gasteiger partial charge in [-0.1, -0.05) is 25.8 Å². The van der Waals surface area contributed by atoms with E-state index in [1.165, 1.54) is 0 Å². The van der Waals surface area contributed by atoms with Crippen LogP contribution in [-0.4, -0.2) is 0 Å². The van der Waals surface area contributed by atoms with Crippen LogP contribution in [-0.2, 0) is 0 Å². The van der Waals surface area contributed by atoms with Gasteiger partial charge >= 0.3 is 0 Å². The van der Waals surface area contributed by atoms with E-state index < -0.39 is 342 Å². The first kappa shape index (κ1) is 144. The van der Waals surface area contributed by atoms with Gasteiger partial charge in [0.2, 0.25) is 0 Å². The number of rotatable bonds is 49. The van der Waals surface area contributed by atoms with Crippen molar-refractivity contribution in [3.05, 3.63) is 0 Å². The summed E-state index contributed by atoms with van der Waals surface area (Å²) < 4.78 is 0. The Hall–Kier alpha value is 43.4. The summed E-state index contributed by atoms with van der Waals surface area (Å²) in [6.45, 7) is -23.0. The molecule has 0 aromatic carbocycles. The highest BCUT2D eigenvalue weighted by molar-refractivity contribution is 9.61. The van der Waals surface area contributed by atoms with Crippen molar-refractivity contribution in [3.8, 4) is 0 Å². The summed E-state index contributed by atoms with van der Waals surface area (Å²) >= 11 is 0. The van der Waals surface area contributed by atoms with E-state index in [9.17, 15) is 0 Å². The zero-order valence-electron chi connectivity index (χ0n) is 51.7. The molecule has 606 valence electrons. The average molecular weight is 3230 g/mol. The minimum Gasteiger partial charge on any atom is -0.102 e. The summed E-state index contributed by atoms with van der Waals surface area (Å²) in [5, 5.41) is 0. The smallest absolute Gasteiger partial charge is 0.000000223 e. The first-order valence-electron chi connectivity index (χ1n) is 22.9. The summed E-state index contributed by atoms with van der Waals surface area (Å²) in [4.78, 5) is 0. The molecule has 0 aliphatic rings. The molecule has 101 heteroatoms. The van der Waals surface area contributed by atoms with Crippen LogP contribution in [0.4, 0.5) is 0 Å². The quantitative estimate of drug-likeness (QED) is 0.0533. The van der Waals surface area contributed by atoms with Crippen LogP contribution in [0.25, 0.3) is 0 Å². The monoisotopic (exact) mass is 3230 g/mol. The molecule has 101 heavy (non-hydrogen) atoms. The van der Waals surface area contributed by atoms with Gasteiger partial charge in [-0.25, -0.2) is 0 Å². The Morgan fingerprint density at radius 3 is 0.257 bits per heavy atom. The Morgan fingerprint density at radius 1 is 0.119 bits per heavy atom. The van der Waals surface area contributed by atoms with Crippen molar-refractivity contribution in [2.24, 2.45) is 0 Å². The van der Waals surface area contributed by atoms with E-state index in [1.807, 2.05) is 0 Å². The zero-order valence-corrected chi connectivity index (χ0v) is 155. The topological polar surface area (TPSA) is 0 Å². The molecule has 0 N–H and O–H groups in total. The molecule has 0 spiro atoms. The highest BCUT2D eigenvalue weighted by atomic mass is 33.7. The van der Waals surface area contributed by atoms with E-state index in [-0.39, 0.29) is 0 Å². The van der Waals surface area contributed by atoms with Gasteiger partial charge in [-0.15, -0.1) is 437 Å². The maximum Gasteiger partial charge on any atom is -0.000000223 e. The molecular formula is H101P101. The van der Waals surface area contributed by atoms with Gasteiger partial charge in [0.25, 0.3) is 0 Å². The van der Waals surface area contributed by atoms with Crippen molar-refractivity contribution >= 4 is 806 Å². The summed E-state index contributed by atoms with van der Waals surface area (Å²) in [5.41, 5.74) is 0. The standard InChI is InChI=1S/H101P101/c1-52-78(53(2)3)91(79(54(4)5)55(6)7)97(90(76(48)49)77(50)51)100(96(88(72(40)41)73(42)43)89(74(44)45)75(46)47)101(98(92(80(56(8)9)57(10)11)81(58(12)13)59(14)15)93(82(60(16)17)61(18)19)83(62(20)21)63(22)23)99(94(84(64(24)25)65(26)27)85(66(28)29)67(30)31)95(86(68(32)33)69(34)35)87(70(36)37)71(38)39/h1-2,52H,3-51H2. The summed E-state index contributed by atoms with van der Waals surface area (Å²) in [5.74, 6) is 0. The molecule has 0 aliphatic heterocycles. The van der Waals surface area contributed by atoms with Crippen molar-refractivity contribution in [2.45, 2.75) is 0 Å². The van der Waals surface area contributed by atoms with E-state index in [1.54, 1.807) is 0 Å². The lowest BCUT2D eigenvalue weighted by Gasteiger charge is -2.64. The Morgan fingerprint density at radius 2 is 0.188 bits per heavy atom. The van der Waals surface area contributed by atoms with E-state index in [2.05, 4.69) is 437 Å². The van der Waals surface area contributed by atoms with Gasteiger partial charge in [0.05, 0.1) is 0 Å². The van der Waals surface area contributed by atoms with Gasteiger partial charge in [0.1, 0.15) is 0 Å². The molecule has 0 aromatic rings. The first-order chi connectivity index (χ1) is 46.0. The predicted molar refractivity (Wildman–Crippen MR) is 840 cm³/mol. The molecule has 55 unspecified atom stereocenters. The van der Waals surface area contributed by atoms with Crippen LogP contribution < -0.4 is 0 Å². The fourth-order valence-electron chi connectivity index (χ4n) is 6.20. The van der Waals surface area contributed by atoms with Crippen LogP contribution in [0.2, 0.25) is 0 Å². The molecule has 0 aromatic heterocycles. The number of hydrogen-bond acceptors (Lipinski definition) is 0. The van der Waals surface area contributed by atoms with Gasteiger partial charge in [-0.05, 0) is 342 Å². The minimum absolute atomic E-state index is 0.392. The fourth-order valence-corrected chi connectivity index (χ4v) is 1510. The third-order valence-corrected chi connectivity index (χ3v) is 725. The molecule has 55 atom stereocenters. The summed E-state index contributed by atoms with van der Waals surface area (Å²) in [7, 11) is 197. The Balaban J connectivity index is 14.8. The molecule has 0 fully saturated rings. The third-order valence-electron chi connectivity index (χ3n) is 8.95. The van der Waals surface area contributed by atoms with Crippen molar-refractivity contribution in [1.82, 2.24) is 0 Å². The Bertz CT molecular complexity index is 1710. The minimum atomic E-state index is -0.672. The van der Waals surface area contributed by atoms with Crippen LogP contribution in [0, 0.1) is 0 Å². The average Bonchev–Trinajstić information content (AvgIpc) is 0.709. The van der Waals surface area contributed by atoms with Gasteiger partial charge < -0.3 is 0 Å². The molecule has 0 saturated carbocycles.